The Bertz CT molecular complexity index is 285. The van der Waals surface area contributed by atoms with E-state index in [1.54, 1.807) is 0 Å². The van der Waals surface area contributed by atoms with Crippen LogP contribution in [0, 0.1) is 5.41 Å². The van der Waals surface area contributed by atoms with E-state index in [2.05, 4.69) is 17.1 Å². The van der Waals surface area contributed by atoms with E-state index in [0.717, 1.165) is 18.6 Å². The number of piperidine rings is 1. The van der Waals surface area contributed by atoms with Gasteiger partial charge in [0.05, 0.1) is 6.10 Å². The third kappa shape index (κ3) is 3.55. The second-order valence-corrected chi connectivity index (χ2v) is 7.34. The molecule has 1 spiro atoms. The fourth-order valence-electron chi connectivity index (χ4n) is 4.45. The Labute approximate surface area is 124 Å². The fourth-order valence-corrected chi connectivity index (χ4v) is 4.45. The molecule has 3 heteroatoms. The van der Waals surface area contributed by atoms with Gasteiger partial charge in [-0.1, -0.05) is 12.8 Å². The average Bonchev–Trinajstić information content (AvgIpc) is 3.13. The molecule has 0 aromatic rings. The lowest BCUT2D eigenvalue weighted by Gasteiger charge is -2.39. The van der Waals surface area contributed by atoms with Crippen LogP contribution in [0.5, 0.6) is 0 Å². The Morgan fingerprint density at radius 3 is 2.55 bits per heavy atom. The predicted octanol–water partition coefficient (Wildman–Crippen LogP) is 2.80. The van der Waals surface area contributed by atoms with Crippen LogP contribution in [-0.2, 0) is 4.74 Å². The summed E-state index contributed by atoms with van der Waals surface area (Å²) in [6.07, 6.45) is 11.8. The molecule has 2 atom stereocenters. The molecule has 20 heavy (non-hydrogen) atoms. The Morgan fingerprint density at radius 1 is 1.15 bits per heavy atom. The number of likely N-dealkylation sites (tertiary alicyclic amines) is 1. The molecule has 3 nitrogen and oxygen atoms in total. The molecule has 1 aliphatic carbocycles. The molecule has 0 radical (unpaired) electrons. The normalized spacial score (nSPS) is 31.9. The lowest BCUT2D eigenvalue weighted by molar-refractivity contribution is 0.0787. The maximum Gasteiger partial charge on any atom is 0.0726 e. The van der Waals surface area contributed by atoms with Crippen LogP contribution in [0.1, 0.15) is 58.3 Å². The SMILES string of the molecule is CC(NCCN1CCC2(CCCC2)CC1)C1CCCO1. The molecule has 1 N–H and O–H groups in total. The van der Waals surface area contributed by atoms with Crippen LogP contribution in [0.25, 0.3) is 0 Å². The Kier molecular flexibility index (Phi) is 5.00. The summed E-state index contributed by atoms with van der Waals surface area (Å²) in [4.78, 5) is 2.67. The van der Waals surface area contributed by atoms with Gasteiger partial charge in [0.25, 0.3) is 0 Å². The zero-order valence-corrected chi connectivity index (χ0v) is 13.2. The largest absolute Gasteiger partial charge is 0.377 e. The molecule has 2 aliphatic heterocycles. The number of hydrogen-bond donors (Lipinski definition) is 1. The lowest BCUT2D eigenvalue weighted by Crippen LogP contribution is -2.45. The Balaban J connectivity index is 1.31. The second kappa shape index (κ2) is 6.76. The van der Waals surface area contributed by atoms with Crippen molar-refractivity contribution in [2.45, 2.75) is 70.4 Å². The lowest BCUT2D eigenvalue weighted by atomic mass is 9.77. The monoisotopic (exact) mass is 280 g/mol. The van der Waals surface area contributed by atoms with E-state index in [-0.39, 0.29) is 0 Å². The first-order chi connectivity index (χ1) is 9.77. The smallest absolute Gasteiger partial charge is 0.0726 e. The van der Waals surface area contributed by atoms with E-state index in [1.807, 2.05) is 0 Å². The molecule has 0 bridgehead atoms. The zero-order chi connectivity index (χ0) is 13.8. The van der Waals surface area contributed by atoms with Gasteiger partial charge >= 0.3 is 0 Å². The highest BCUT2D eigenvalue weighted by Gasteiger charge is 2.36. The van der Waals surface area contributed by atoms with E-state index in [4.69, 9.17) is 4.74 Å². The third-order valence-corrected chi connectivity index (χ3v) is 6.00. The molecule has 2 unspecified atom stereocenters. The van der Waals surface area contributed by atoms with Crippen molar-refractivity contribution in [2.75, 3.05) is 32.8 Å². The van der Waals surface area contributed by atoms with Gasteiger partial charge in [0, 0.05) is 25.7 Å². The highest BCUT2D eigenvalue weighted by Crippen LogP contribution is 2.45. The highest BCUT2D eigenvalue weighted by molar-refractivity contribution is 4.89. The van der Waals surface area contributed by atoms with E-state index < -0.39 is 0 Å². The Morgan fingerprint density at radius 2 is 1.90 bits per heavy atom. The van der Waals surface area contributed by atoms with Crippen molar-refractivity contribution in [3.05, 3.63) is 0 Å². The minimum Gasteiger partial charge on any atom is -0.377 e. The Hall–Kier alpha value is -0.120. The first kappa shape index (κ1) is 14.8. The van der Waals surface area contributed by atoms with Crippen LogP contribution in [0.2, 0.25) is 0 Å². The molecule has 0 aromatic carbocycles. The van der Waals surface area contributed by atoms with Gasteiger partial charge in [-0.2, -0.15) is 0 Å². The number of ether oxygens (including phenoxy) is 1. The third-order valence-electron chi connectivity index (χ3n) is 6.00. The van der Waals surface area contributed by atoms with Gasteiger partial charge in [-0.3, -0.25) is 0 Å². The summed E-state index contributed by atoms with van der Waals surface area (Å²) in [5, 5.41) is 3.67. The van der Waals surface area contributed by atoms with E-state index in [1.165, 1.54) is 71.0 Å². The van der Waals surface area contributed by atoms with Gasteiger partial charge in [0.1, 0.15) is 0 Å². The van der Waals surface area contributed by atoms with Crippen LogP contribution in [-0.4, -0.2) is 49.8 Å². The molecule has 1 saturated carbocycles. The first-order valence-electron chi connectivity index (χ1n) is 8.85. The van der Waals surface area contributed by atoms with Crippen molar-refractivity contribution >= 4 is 0 Å². The fraction of sp³-hybridized carbons (Fsp3) is 1.00. The minimum absolute atomic E-state index is 0.457. The van der Waals surface area contributed by atoms with Crippen LogP contribution in [0.15, 0.2) is 0 Å². The standard InChI is InChI=1S/C17H32N2O/c1-15(16-5-4-14-20-16)18-10-13-19-11-8-17(9-12-19)6-2-3-7-17/h15-16,18H,2-14H2,1H3. The van der Waals surface area contributed by atoms with Gasteiger partial charge < -0.3 is 15.0 Å². The molecule has 116 valence electrons. The van der Waals surface area contributed by atoms with Crippen molar-refractivity contribution in [1.29, 1.82) is 0 Å². The summed E-state index contributed by atoms with van der Waals surface area (Å²) in [7, 11) is 0. The molecule has 3 fully saturated rings. The predicted molar refractivity (Wildman–Crippen MR) is 83.0 cm³/mol. The summed E-state index contributed by atoms with van der Waals surface area (Å²) in [6.45, 7) is 8.23. The summed E-state index contributed by atoms with van der Waals surface area (Å²) < 4.78 is 5.74. The van der Waals surface area contributed by atoms with Crippen LogP contribution < -0.4 is 5.32 Å². The van der Waals surface area contributed by atoms with E-state index >= 15 is 0 Å². The molecule has 3 aliphatic rings. The zero-order valence-electron chi connectivity index (χ0n) is 13.2. The number of nitrogens with one attached hydrogen (secondary N) is 1. The first-order valence-corrected chi connectivity index (χ1v) is 8.85. The summed E-state index contributed by atoms with van der Waals surface area (Å²) in [5.74, 6) is 0. The van der Waals surface area contributed by atoms with Crippen molar-refractivity contribution in [2.24, 2.45) is 5.41 Å². The van der Waals surface area contributed by atoms with Gasteiger partial charge in [0.15, 0.2) is 0 Å². The molecule has 0 aromatic heterocycles. The quantitative estimate of drug-likeness (QED) is 0.838. The average molecular weight is 280 g/mol. The summed E-state index contributed by atoms with van der Waals surface area (Å²) in [6, 6.07) is 0.517. The van der Waals surface area contributed by atoms with E-state index in [9.17, 15) is 0 Å². The van der Waals surface area contributed by atoms with Crippen LogP contribution in [0.3, 0.4) is 0 Å². The summed E-state index contributed by atoms with van der Waals surface area (Å²) >= 11 is 0. The van der Waals surface area contributed by atoms with Gasteiger partial charge in [-0.25, -0.2) is 0 Å². The molecular formula is C17H32N2O. The molecular weight excluding hydrogens is 248 g/mol. The minimum atomic E-state index is 0.457. The highest BCUT2D eigenvalue weighted by atomic mass is 16.5. The summed E-state index contributed by atoms with van der Waals surface area (Å²) in [5.41, 5.74) is 0.759. The molecule has 2 saturated heterocycles. The van der Waals surface area contributed by atoms with Crippen LogP contribution >= 0.6 is 0 Å². The molecule has 3 rings (SSSR count). The topological polar surface area (TPSA) is 24.5 Å². The number of nitrogens with zero attached hydrogens (tertiary/aromatic N) is 1. The second-order valence-electron chi connectivity index (χ2n) is 7.34. The van der Waals surface area contributed by atoms with Crippen LogP contribution in [0.4, 0.5) is 0 Å². The van der Waals surface area contributed by atoms with Gasteiger partial charge in [-0.15, -0.1) is 0 Å². The number of hydrogen-bond acceptors (Lipinski definition) is 3. The van der Waals surface area contributed by atoms with Gasteiger partial charge in [-0.05, 0) is 64.0 Å². The molecule has 0 amide bonds. The van der Waals surface area contributed by atoms with Gasteiger partial charge in [0.2, 0.25) is 0 Å². The number of rotatable bonds is 5. The molecule has 2 heterocycles. The van der Waals surface area contributed by atoms with Crippen molar-refractivity contribution in [1.82, 2.24) is 10.2 Å². The van der Waals surface area contributed by atoms with Crippen molar-refractivity contribution < 1.29 is 4.74 Å². The van der Waals surface area contributed by atoms with Crippen molar-refractivity contribution in [3.8, 4) is 0 Å². The van der Waals surface area contributed by atoms with Crippen molar-refractivity contribution in [3.63, 3.8) is 0 Å². The maximum absolute atomic E-state index is 5.74. The maximum atomic E-state index is 5.74. The van der Waals surface area contributed by atoms with E-state index in [0.29, 0.717) is 12.1 Å².